The van der Waals surface area contributed by atoms with Gasteiger partial charge in [-0.2, -0.15) is 4.57 Å². The summed E-state index contributed by atoms with van der Waals surface area (Å²) in [6.45, 7) is 0.154. The Labute approximate surface area is 154 Å². The first-order chi connectivity index (χ1) is 11.6. The van der Waals surface area contributed by atoms with Gasteiger partial charge in [0.05, 0.1) is 17.4 Å². The number of non-ortho nitro benzene ring substituents is 1. The number of carbonyl (C=O) groups excluding carboxylic acids is 1. The summed E-state index contributed by atoms with van der Waals surface area (Å²) in [5.41, 5.74) is 1.32. The summed E-state index contributed by atoms with van der Waals surface area (Å²) in [5.74, 6) is 0.639. The molecule has 0 aliphatic heterocycles. The lowest BCUT2D eigenvalue weighted by atomic mass is 10.1. The molecule has 0 N–H and O–H groups in total. The predicted molar refractivity (Wildman–Crippen MR) is 98.4 cm³/mol. The van der Waals surface area contributed by atoms with Gasteiger partial charge in [0.15, 0.2) is 6.20 Å². The minimum atomic E-state index is -0.485. The number of carbonyl (C=O) groups is 1. The summed E-state index contributed by atoms with van der Waals surface area (Å²) < 4.78 is 7.06. The van der Waals surface area contributed by atoms with E-state index >= 15 is 0 Å². The molecule has 25 heavy (non-hydrogen) atoms. The number of hydrogen-bond acceptors (Lipinski definition) is 4. The van der Waals surface area contributed by atoms with Crippen molar-refractivity contribution in [3.05, 3.63) is 76.5 Å². The molecule has 0 aliphatic carbocycles. The normalized spacial score (nSPS) is 10.1. The number of nitro groups is 1. The highest BCUT2D eigenvalue weighted by Crippen LogP contribution is 2.18. The van der Waals surface area contributed by atoms with Gasteiger partial charge in [-0.1, -0.05) is 0 Å². The van der Waals surface area contributed by atoms with Crippen LogP contribution < -0.4 is 9.30 Å². The number of nitro benzene ring substituents is 1. The second kappa shape index (κ2) is 7.85. The third-order valence-electron chi connectivity index (χ3n) is 3.80. The Hall–Kier alpha value is -2.80. The average Bonchev–Trinajstić information content (AvgIpc) is 2.61. The second-order valence-electron chi connectivity index (χ2n) is 5.29. The van der Waals surface area contributed by atoms with Crippen molar-refractivity contribution in [1.29, 1.82) is 0 Å². The van der Waals surface area contributed by atoms with Gasteiger partial charge in [0.1, 0.15) is 5.75 Å². The molecule has 0 bridgehead atoms. The molecule has 3 rings (SSSR count). The summed E-state index contributed by atoms with van der Waals surface area (Å²) in [7, 11) is 1.61. The van der Waals surface area contributed by atoms with Crippen LogP contribution in [0.3, 0.4) is 0 Å². The molecular weight excluding hydrogens is 388 g/mol. The molecule has 0 amide bonds. The van der Waals surface area contributed by atoms with Crippen LogP contribution in [0.2, 0.25) is 0 Å². The van der Waals surface area contributed by atoms with Crippen molar-refractivity contribution in [2.45, 2.75) is 6.54 Å². The van der Waals surface area contributed by atoms with Crippen LogP contribution in [-0.2, 0) is 6.54 Å². The van der Waals surface area contributed by atoms with E-state index in [1.807, 2.05) is 41.1 Å². The number of methoxy groups -OCH3 is 1. The number of rotatable bonds is 5. The zero-order valence-electron chi connectivity index (χ0n) is 13.4. The lowest BCUT2D eigenvalue weighted by Crippen LogP contribution is -2.38. The van der Waals surface area contributed by atoms with Crippen LogP contribution in [0.5, 0.6) is 5.75 Å². The molecule has 6 nitrogen and oxygen atoms in total. The van der Waals surface area contributed by atoms with Gasteiger partial charge in [-0.3, -0.25) is 14.9 Å². The maximum absolute atomic E-state index is 12.4. The van der Waals surface area contributed by atoms with Gasteiger partial charge in [0, 0.05) is 29.8 Å². The number of pyridine rings is 1. The van der Waals surface area contributed by atoms with Crippen LogP contribution in [-0.4, -0.2) is 17.8 Å². The molecule has 128 valence electrons. The molecule has 0 fully saturated rings. The number of aromatic nitrogens is 1. The predicted octanol–water partition coefficient (Wildman–Crippen LogP) is 3.50. The maximum atomic E-state index is 12.4. The van der Waals surface area contributed by atoms with Crippen molar-refractivity contribution in [3.63, 3.8) is 0 Å². The monoisotopic (exact) mass is 403 g/mol. The molecule has 0 atom stereocenters. The Balaban J connectivity index is 0.00000225. The van der Waals surface area contributed by atoms with Gasteiger partial charge in [0.2, 0.25) is 17.8 Å². The summed E-state index contributed by atoms with van der Waals surface area (Å²) in [6.07, 6.45) is 1.83. The van der Waals surface area contributed by atoms with E-state index in [2.05, 4.69) is 0 Å². The Morgan fingerprint density at radius 3 is 2.52 bits per heavy atom. The molecule has 2 aromatic carbocycles. The Bertz CT molecular complexity index is 926. The van der Waals surface area contributed by atoms with E-state index in [9.17, 15) is 14.9 Å². The molecule has 0 spiro atoms. The minimum Gasteiger partial charge on any atom is -0.497 e. The van der Waals surface area contributed by atoms with Crippen LogP contribution in [0.1, 0.15) is 10.4 Å². The Kier molecular flexibility index (Phi) is 5.82. The highest BCUT2D eigenvalue weighted by Gasteiger charge is 2.16. The van der Waals surface area contributed by atoms with E-state index in [1.165, 1.54) is 24.3 Å². The molecule has 0 saturated carbocycles. The van der Waals surface area contributed by atoms with Crippen molar-refractivity contribution >= 4 is 39.4 Å². The zero-order chi connectivity index (χ0) is 17.1. The third-order valence-corrected chi connectivity index (χ3v) is 3.80. The highest BCUT2D eigenvalue weighted by atomic mass is 79.9. The summed E-state index contributed by atoms with van der Waals surface area (Å²) >= 11 is 0. The number of Topliss-reactive ketones (excluding diaryl/α,β-unsaturated/α-hetero) is 1. The molecule has 3 aromatic rings. The maximum Gasteiger partial charge on any atom is 0.269 e. The minimum absolute atomic E-state index is 0. The van der Waals surface area contributed by atoms with Gasteiger partial charge < -0.3 is 4.74 Å². The fraction of sp³-hybridized carbons (Fsp3) is 0.111. The molecule has 0 aliphatic rings. The molecule has 7 heteroatoms. The fourth-order valence-electron chi connectivity index (χ4n) is 2.54. The van der Waals surface area contributed by atoms with Crippen LogP contribution in [0.15, 0.2) is 60.8 Å². The van der Waals surface area contributed by atoms with Crippen molar-refractivity contribution < 1.29 is 19.0 Å². The van der Waals surface area contributed by atoms with E-state index < -0.39 is 4.92 Å². The largest absolute Gasteiger partial charge is 0.497 e. The lowest BCUT2D eigenvalue weighted by Gasteiger charge is -2.04. The fourth-order valence-corrected chi connectivity index (χ4v) is 2.54. The third kappa shape index (κ3) is 4.00. The van der Waals surface area contributed by atoms with Gasteiger partial charge in [-0.25, -0.2) is 0 Å². The van der Waals surface area contributed by atoms with E-state index in [1.54, 1.807) is 7.11 Å². The number of ketones is 1. The number of fused-ring (bicyclic) bond motifs is 1. The first-order valence-electron chi connectivity index (χ1n) is 7.32. The van der Waals surface area contributed by atoms with Crippen LogP contribution in [0.4, 0.5) is 5.69 Å². The van der Waals surface area contributed by atoms with Crippen molar-refractivity contribution in [1.82, 2.24) is 0 Å². The number of halogens is 1. The van der Waals surface area contributed by atoms with Crippen LogP contribution in [0.25, 0.3) is 10.9 Å². The van der Waals surface area contributed by atoms with Gasteiger partial charge in [-0.15, -0.1) is 17.0 Å². The standard InChI is InChI=1S/C18H15N2O4.BrH/c1-24-16-8-9-17-14(11-16)3-2-10-19(17)12-18(21)13-4-6-15(7-5-13)20(22)23;/h2-11H,12H2,1H3;1H/q+1;. The molecule has 0 unspecified atom stereocenters. The van der Waals surface area contributed by atoms with Crippen LogP contribution >= 0.6 is 17.0 Å². The molecular formula is C18H16BrN2O4+. The highest BCUT2D eigenvalue weighted by molar-refractivity contribution is 8.93. The van der Waals surface area contributed by atoms with Crippen LogP contribution in [0, 0.1) is 10.1 Å². The van der Waals surface area contributed by atoms with Gasteiger partial charge in [0.25, 0.3) is 5.69 Å². The summed E-state index contributed by atoms with van der Waals surface area (Å²) in [6, 6.07) is 15.1. The SMILES string of the molecule is Br.COc1ccc2c(ccc[n+]2CC(=O)c2ccc([N+](=O)[O-])cc2)c1. The first kappa shape index (κ1) is 18.5. The van der Waals surface area contributed by atoms with E-state index in [4.69, 9.17) is 4.74 Å². The molecule has 1 aromatic heterocycles. The van der Waals surface area contributed by atoms with Crippen molar-refractivity contribution in [2.24, 2.45) is 0 Å². The molecule has 0 saturated heterocycles. The number of nitrogens with zero attached hydrogens (tertiary/aromatic N) is 2. The lowest BCUT2D eigenvalue weighted by molar-refractivity contribution is -0.657. The molecule has 0 radical (unpaired) electrons. The number of benzene rings is 2. The van der Waals surface area contributed by atoms with Gasteiger partial charge in [-0.05, 0) is 30.3 Å². The zero-order valence-corrected chi connectivity index (χ0v) is 15.1. The Morgan fingerprint density at radius 1 is 1.16 bits per heavy atom. The average molecular weight is 404 g/mol. The van der Waals surface area contributed by atoms with E-state index in [-0.39, 0.29) is 35.0 Å². The first-order valence-corrected chi connectivity index (χ1v) is 7.32. The Morgan fingerprint density at radius 2 is 1.88 bits per heavy atom. The van der Waals surface area contributed by atoms with Crippen molar-refractivity contribution in [3.8, 4) is 5.75 Å². The number of hydrogen-bond donors (Lipinski definition) is 0. The number of ether oxygens (including phenoxy) is 1. The molecule has 1 heterocycles. The topological polar surface area (TPSA) is 73.3 Å². The summed E-state index contributed by atoms with van der Waals surface area (Å²) in [4.78, 5) is 22.6. The smallest absolute Gasteiger partial charge is 0.269 e. The summed E-state index contributed by atoms with van der Waals surface area (Å²) in [5, 5.41) is 11.6. The van der Waals surface area contributed by atoms with Gasteiger partial charge >= 0.3 is 0 Å². The quantitative estimate of drug-likeness (QED) is 0.282. The second-order valence-corrected chi connectivity index (χ2v) is 5.29. The van der Waals surface area contributed by atoms with Crippen molar-refractivity contribution in [2.75, 3.05) is 7.11 Å². The van der Waals surface area contributed by atoms with E-state index in [0.29, 0.717) is 5.56 Å². The van der Waals surface area contributed by atoms with E-state index in [0.717, 1.165) is 16.7 Å².